The SMILES string of the molecule is COc1ccccc1C(=O)OCC(COC(=O)c1ccccc1)OC(COC(=O)c1ccccc1OC)COC(=O)c1ccccc1OC. The summed E-state index contributed by atoms with van der Waals surface area (Å²) in [7, 11) is 4.26. The Labute approximate surface area is 283 Å². The Bertz CT molecular complexity index is 1640. The molecule has 4 aromatic carbocycles. The monoisotopic (exact) mass is 672 g/mol. The van der Waals surface area contributed by atoms with Crippen LogP contribution >= 0.6 is 0 Å². The molecule has 4 aromatic rings. The lowest BCUT2D eigenvalue weighted by molar-refractivity contribution is -0.105. The van der Waals surface area contributed by atoms with E-state index >= 15 is 0 Å². The second kappa shape index (κ2) is 18.5. The van der Waals surface area contributed by atoms with Gasteiger partial charge in [0.15, 0.2) is 0 Å². The summed E-state index contributed by atoms with van der Waals surface area (Å²) in [5.41, 5.74) is 0.779. The summed E-state index contributed by atoms with van der Waals surface area (Å²) in [5, 5.41) is 0. The van der Waals surface area contributed by atoms with E-state index in [0.29, 0.717) is 22.8 Å². The van der Waals surface area contributed by atoms with Gasteiger partial charge in [-0.05, 0) is 48.5 Å². The molecule has 0 fully saturated rings. The van der Waals surface area contributed by atoms with Crippen molar-refractivity contribution in [3.8, 4) is 17.2 Å². The Morgan fingerprint density at radius 2 is 0.735 bits per heavy atom. The molecule has 0 radical (unpaired) electrons. The quantitative estimate of drug-likeness (QED) is 0.108. The maximum atomic E-state index is 13.0. The van der Waals surface area contributed by atoms with E-state index < -0.39 is 55.9 Å². The summed E-state index contributed by atoms with van der Waals surface area (Å²) in [5.74, 6) is -1.93. The molecular formula is C37H36O12. The second-order valence-electron chi connectivity index (χ2n) is 10.2. The van der Waals surface area contributed by atoms with Crippen molar-refractivity contribution in [3.63, 3.8) is 0 Å². The van der Waals surface area contributed by atoms with Gasteiger partial charge in [-0.25, -0.2) is 19.2 Å². The van der Waals surface area contributed by atoms with Crippen LogP contribution in [0.3, 0.4) is 0 Å². The van der Waals surface area contributed by atoms with Crippen LogP contribution in [0.25, 0.3) is 0 Å². The molecule has 0 aliphatic rings. The van der Waals surface area contributed by atoms with Gasteiger partial charge in [-0.3, -0.25) is 0 Å². The third-order valence-electron chi connectivity index (χ3n) is 6.98. The normalized spacial score (nSPS) is 11.2. The first-order chi connectivity index (χ1) is 23.8. The maximum Gasteiger partial charge on any atom is 0.342 e. The zero-order valence-corrected chi connectivity index (χ0v) is 27.2. The van der Waals surface area contributed by atoms with Crippen LogP contribution in [-0.2, 0) is 23.7 Å². The van der Waals surface area contributed by atoms with Gasteiger partial charge >= 0.3 is 23.9 Å². The van der Waals surface area contributed by atoms with E-state index in [-0.39, 0.29) is 23.3 Å². The molecule has 49 heavy (non-hydrogen) atoms. The topological polar surface area (TPSA) is 142 Å². The van der Waals surface area contributed by atoms with Gasteiger partial charge < -0.3 is 37.9 Å². The number of methoxy groups -OCH3 is 3. The van der Waals surface area contributed by atoms with Crippen molar-refractivity contribution < 1.29 is 57.1 Å². The number of hydrogen-bond donors (Lipinski definition) is 0. The first kappa shape index (κ1) is 36.0. The molecule has 0 spiro atoms. The van der Waals surface area contributed by atoms with Gasteiger partial charge in [-0.1, -0.05) is 54.6 Å². The number of esters is 4. The predicted molar refractivity (Wildman–Crippen MR) is 175 cm³/mol. The summed E-state index contributed by atoms with van der Waals surface area (Å²) < 4.78 is 44.1. The van der Waals surface area contributed by atoms with E-state index in [1.165, 1.54) is 39.5 Å². The average molecular weight is 673 g/mol. The Morgan fingerprint density at radius 1 is 0.429 bits per heavy atom. The summed E-state index contributed by atoms with van der Waals surface area (Å²) in [6, 6.07) is 27.7. The van der Waals surface area contributed by atoms with Gasteiger partial charge in [-0.2, -0.15) is 0 Å². The summed E-state index contributed by atoms with van der Waals surface area (Å²) in [6.45, 7) is -1.57. The molecular weight excluding hydrogens is 636 g/mol. The molecule has 4 rings (SSSR count). The van der Waals surface area contributed by atoms with E-state index in [4.69, 9.17) is 37.9 Å². The summed E-state index contributed by atoms with van der Waals surface area (Å²) in [6.07, 6.45) is -2.20. The molecule has 0 aliphatic carbocycles. The van der Waals surface area contributed by atoms with E-state index in [1.807, 2.05) is 0 Å². The van der Waals surface area contributed by atoms with E-state index in [0.717, 1.165) is 0 Å². The van der Waals surface area contributed by atoms with Gasteiger partial charge in [0.05, 0.1) is 26.9 Å². The van der Waals surface area contributed by atoms with Crippen LogP contribution in [0.5, 0.6) is 17.2 Å². The summed E-state index contributed by atoms with van der Waals surface area (Å²) in [4.78, 5) is 51.8. The lowest BCUT2D eigenvalue weighted by Crippen LogP contribution is -2.37. The molecule has 0 aliphatic heterocycles. The Hall–Kier alpha value is -5.88. The third kappa shape index (κ3) is 10.3. The zero-order valence-electron chi connectivity index (χ0n) is 27.2. The zero-order chi connectivity index (χ0) is 35.0. The minimum Gasteiger partial charge on any atom is -0.496 e. The molecule has 0 N–H and O–H groups in total. The molecule has 0 bridgehead atoms. The lowest BCUT2D eigenvalue weighted by atomic mass is 10.2. The lowest BCUT2D eigenvalue weighted by Gasteiger charge is -2.25. The smallest absolute Gasteiger partial charge is 0.342 e. The Kier molecular flexibility index (Phi) is 13.5. The fourth-order valence-corrected chi connectivity index (χ4v) is 4.53. The first-order valence-electron chi connectivity index (χ1n) is 15.1. The number of rotatable bonds is 17. The Balaban J connectivity index is 1.54. The van der Waals surface area contributed by atoms with Gasteiger partial charge in [-0.15, -0.1) is 0 Å². The maximum absolute atomic E-state index is 13.0. The number of ether oxygens (including phenoxy) is 8. The standard InChI is InChI=1S/C37H36O12/c1-42-31-18-10-7-15-28(31)35(39)46-22-26(21-45-34(38)25-13-5-4-6-14-25)49-27(23-47-36(40)29-16-8-11-19-32(29)43-2)24-48-37(41)30-17-9-12-20-33(30)44-3/h4-20,26-27H,21-24H2,1-3H3. The van der Waals surface area contributed by atoms with Crippen LogP contribution in [0.1, 0.15) is 41.4 Å². The molecule has 0 saturated carbocycles. The number of benzene rings is 4. The summed E-state index contributed by atoms with van der Waals surface area (Å²) >= 11 is 0. The largest absolute Gasteiger partial charge is 0.496 e. The first-order valence-corrected chi connectivity index (χ1v) is 15.1. The van der Waals surface area contributed by atoms with Crippen LogP contribution in [0.15, 0.2) is 103 Å². The average Bonchev–Trinajstić information content (AvgIpc) is 3.16. The van der Waals surface area contributed by atoms with Crippen molar-refractivity contribution in [2.45, 2.75) is 12.2 Å². The molecule has 0 aromatic heterocycles. The highest BCUT2D eigenvalue weighted by atomic mass is 16.6. The Morgan fingerprint density at radius 3 is 1.08 bits per heavy atom. The minimum atomic E-state index is -1.11. The molecule has 0 saturated heterocycles. The molecule has 1 atom stereocenters. The van der Waals surface area contributed by atoms with Crippen molar-refractivity contribution in [1.29, 1.82) is 0 Å². The van der Waals surface area contributed by atoms with Crippen molar-refractivity contribution in [2.75, 3.05) is 47.8 Å². The molecule has 12 heteroatoms. The molecule has 0 heterocycles. The van der Waals surface area contributed by atoms with E-state index in [9.17, 15) is 19.2 Å². The van der Waals surface area contributed by atoms with E-state index in [2.05, 4.69) is 0 Å². The fraction of sp³-hybridized carbons (Fsp3) is 0.243. The van der Waals surface area contributed by atoms with Crippen molar-refractivity contribution in [1.82, 2.24) is 0 Å². The highest BCUT2D eigenvalue weighted by Crippen LogP contribution is 2.21. The van der Waals surface area contributed by atoms with Crippen molar-refractivity contribution >= 4 is 23.9 Å². The predicted octanol–water partition coefficient (Wildman–Crippen LogP) is 5.19. The van der Waals surface area contributed by atoms with Gasteiger partial charge in [0.2, 0.25) is 0 Å². The fourth-order valence-electron chi connectivity index (χ4n) is 4.53. The van der Waals surface area contributed by atoms with Gasteiger partial charge in [0.25, 0.3) is 0 Å². The highest BCUT2D eigenvalue weighted by Gasteiger charge is 2.26. The highest BCUT2D eigenvalue weighted by molar-refractivity contribution is 5.93. The number of hydrogen-bond acceptors (Lipinski definition) is 12. The van der Waals surface area contributed by atoms with Crippen LogP contribution in [-0.4, -0.2) is 83.8 Å². The van der Waals surface area contributed by atoms with Crippen LogP contribution in [0.4, 0.5) is 0 Å². The molecule has 1 unspecified atom stereocenters. The number of para-hydroxylation sites is 3. The van der Waals surface area contributed by atoms with Crippen LogP contribution in [0, 0.1) is 0 Å². The van der Waals surface area contributed by atoms with Gasteiger partial charge in [0, 0.05) is 0 Å². The molecule has 12 nitrogen and oxygen atoms in total. The van der Waals surface area contributed by atoms with E-state index in [1.54, 1.807) is 84.9 Å². The van der Waals surface area contributed by atoms with Crippen LogP contribution < -0.4 is 14.2 Å². The third-order valence-corrected chi connectivity index (χ3v) is 6.98. The van der Waals surface area contributed by atoms with Crippen molar-refractivity contribution in [3.05, 3.63) is 125 Å². The second-order valence-corrected chi connectivity index (χ2v) is 10.2. The van der Waals surface area contributed by atoms with Crippen LogP contribution in [0.2, 0.25) is 0 Å². The molecule has 0 amide bonds. The molecule has 256 valence electrons. The van der Waals surface area contributed by atoms with Gasteiger partial charge in [0.1, 0.15) is 72.6 Å². The minimum absolute atomic E-state index is 0.161. The van der Waals surface area contributed by atoms with Crippen molar-refractivity contribution in [2.24, 2.45) is 0 Å². The number of carbonyl (C=O) groups is 4. The number of carbonyl (C=O) groups excluding carboxylic acids is 4.